The molecule has 4 nitrogen and oxygen atoms in total. The minimum Gasteiger partial charge on any atom is -0.393 e. The summed E-state index contributed by atoms with van der Waals surface area (Å²) < 4.78 is 0. The van der Waals surface area contributed by atoms with E-state index in [0.717, 1.165) is 29.3 Å². The highest BCUT2D eigenvalue weighted by Crippen LogP contribution is 2.53. The Morgan fingerprint density at radius 2 is 1.95 bits per heavy atom. The highest BCUT2D eigenvalue weighted by Gasteiger charge is 2.49. The minimum atomic E-state index is -0.845. The third-order valence-electron chi connectivity index (χ3n) is 5.04. The van der Waals surface area contributed by atoms with Crippen molar-refractivity contribution < 1.29 is 10.2 Å². The second-order valence-electron chi connectivity index (χ2n) is 6.37. The van der Waals surface area contributed by atoms with Crippen LogP contribution < -0.4 is 0 Å². The Kier molecular flexibility index (Phi) is 2.65. The van der Waals surface area contributed by atoms with Crippen molar-refractivity contribution in [2.75, 3.05) is 0 Å². The van der Waals surface area contributed by atoms with Crippen LogP contribution in [-0.2, 0) is 5.60 Å². The normalized spacial score (nSPS) is 36.6. The van der Waals surface area contributed by atoms with Gasteiger partial charge in [0, 0.05) is 10.4 Å². The first-order valence-corrected chi connectivity index (χ1v) is 7.46. The van der Waals surface area contributed by atoms with Crippen LogP contribution >= 0.6 is 11.6 Å². The maximum atomic E-state index is 11.1. The van der Waals surface area contributed by atoms with E-state index >= 15 is 0 Å². The van der Waals surface area contributed by atoms with Crippen LogP contribution in [0.1, 0.15) is 31.2 Å². The number of fused-ring (bicyclic) bond motifs is 2. The van der Waals surface area contributed by atoms with Gasteiger partial charge in [0.25, 0.3) is 0 Å². The Morgan fingerprint density at radius 1 is 1.25 bits per heavy atom. The van der Waals surface area contributed by atoms with Gasteiger partial charge in [-0.1, -0.05) is 11.6 Å². The van der Waals surface area contributed by atoms with Crippen LogP contribution in [-0.4, -0.2) is 26.5 Å². The van der Waals surface area contributed by atoms with Gasteiger partial charge in [-0.2, -0.15) is 5.10 Å². The molecule has 2 atom stereocenters. The Balaban J connectivity index is 1.78. The largest absolute Gasteiger partial charge is 0.393 e. The number of aromatic nitrogens is 2. The third-order valence-corrected chi connectivity index (χ3v) is 5.26. The monoisotopic (exact) mass is 292 g/mol. The lowest BCUT2D eigenvalue weighted by atomic mass is 9.87. The van der Waals surface area contributed by atoms with Crippen LogP contribution in [0.25, 0.3) is 10.9 Å². The number of hydrogen-bond donors (Lipinski definition) is 3. The first kappa shape index (κ1) is 12.6. The summed E-state index contributed by atoms with van der Waals surface area (Å²) in [5.41, 5.74) is 0.887. The number of aromatic amines is 1. The summed E-state index contributed by atoms with van der Waals surface area (Å²) in [7, 11) is 0. The van der Waals surface area contributed by atoms with E-state index in [1.54, 1.807) is 6.20 Å². The lowest BCUT2D eigenvalue weighted by molar-refractivity contribution is 0.0304. The molecule has 0 bridgehead atoms. The van der Waals surface area contributed by atoms with Crippen molar-refractivity contribution in [3.63, 3.8) is 0 Å². The third kappa shape index (κ3) is 1.79. The van der Waals surface area contributed by atoms with Crippen LogP contribution in [0.5, 0.6) is 0 Å². The molecule has 2 saturated carbocycles. The molecule has 0 amide bonds. The number of rotatable bonds is 1. The molecular formula is C15H17ClN2O2. The van der Waals surface area contributed by atoms with E-state index in [2.05, 4.69) is 10.2 Å². The Hall–Kier alpha value is -1.10. The summed E-state index contributed by atoms with van der Waals surface area (Å²) in [5.74, 6) is 0.826. The number of nitrogens with zero attached hydrogens (tertiary/aromatic N) is 1. The van der Waals surface area contributed by atoms with Crippen molar-refractivity contribution >= 4 is 22.5 Å². The highest BCUT2D eigenvalue weighted by molar-refractivity contribution is 6.31. The fraction of sp³-hybridized carbons (Fsp3) is 0.533. The lowest BCUT2D eigenvalue weighted by Gasteiger charge is -2.25. The van der Waals surface area contributed by atoms with E-state index in [4.69, 9.17) is 11.6 Å². The summed E-state index contributed by atoms with van der Waals surface area (Å²) in [4.78, 5) is 0. The van der Waals surface area contributed by atoms with Crippen LogP contribution in [0.3, 0.4) is 0 Å². The van der Waals surface area contributed by atoms with Crippen LogP contribution in [0.4, 0.5) is 0 Å². The van der Waals surface area contributed by atoms with Crippen molar-refractivity contribution in [1.82, 2.24) is 10.2 Å². The molecule has 0 saturated heterocycles. The molecule has 1 heterocycles. The first-order chi connectivity index (χ1) is 9.55. The zero-order valence-corrected chi connectivity index (χ0v) is 11.8. The van der Waals surface area contributed by atoms with Gasteiger partial charge in [-0.05, 0) is 55.2 Å². The van der Waals surface area contributed by atoms with Crippen LogP contribution in [0.2, 0.25) is 5.02 Å². The molecule has 1 aromatic heterocycles. The fourth-order valence-electron chi connectivity index (χ4n) is 4.25. The van der Waals surface area contributed by atoms with Gasteiger partial charge in [-0.3, -0.25) is 5.10 Å². The first-order valence-electron chi connectivity index (χ1n) is 7.09. The van der Waals surface area contributed by atoms with E-state index in [1.807, 2.05) is 12.1 Å². The Bertz CT molecular complexity index is 655. The second-order valence-corrected chi connectivity index (χ2v) is 6.81. The number of aliphatic hydroxyl groups is 2. The average molecular weight is 293 g/mol. The molecule has 20 heavy (non-hydrogen) atoms. The molecule has 1 aromatic carbocycles. The topological polar surface area (TPSA) is 69.1 Å². The second kappa shape index (κ2) is 4.20. The van der Waals surface area contributed by atoms with E-state index in [9.17, 15) is 10.2 Å². The number of aliphatic hydroxyl groups excluding tert-OH is 1. The molecular weight excluding hydrogens is 276 g/mol. The van der Waals surface area contributed by atoms with E-state index in [-0.39, 0.29) is 6.10 Å². The molecule has 2 aliphatic rings. The summed E-state index contributed by atoms with van der Waals surface area (Å²) in [6.07, 6.45) is 4.58. The van der Waals surface area contributed by atoms with Gasteiger partial charge in [0.1, 0.15) is 0 Å². The van der Waals surface area contributed by atoms with E-state index < -0.39 is 5.60 Å². The standard InChI is InChI=1S/C15H17ClN2O2/c16-10-3-13(12-7-17-18-14(12)4-10)15(20)5-8-1-11(19)2-9(8)6-15/h3-4,7-9,11,19-20H,1-2,5-6H2,(H,17,18). The molecule has 2 aliphatic carbocycles. The van der Waals surface area contributed by atoms with E-state index in [0.29, 0.717) is 29.7 Å². The molecule has 3 N–H and O–H groups in total. The number of H-pyrrole nitrogens is 1. The van der Waals surface area contributed by atoms with Gasteiger partial charge >= 0.3 is 0 Å². The zero-order valence-electron chi connectivity index (χ0n) is 11.0. The molecule has 4 rings (SSSR count). The van der Waals surface area contributed by atoms with Crippen LogP contribution in [0, 0.1) is 11.8 Å². The van der Waals surface area contributed by atoms with Crippen molar-refractivity contribution in [2.24, 2.45) is 11.8 Å². The highest BCUT2D eigenvalue weighted by atomic mass is 35.5. The minimum absolute atomic E-state index is 0.192. The lowest BCUT2D eigenvalue weighted by Crippen LogP contribution is -2.24. The zero-order chi connectivity index (χ0) is 13.9. The van der Waals surface area contributed by atoms with Gasteiger partial charge in [0.05, 0.1) is 23.4 Å². The molecule has 2 unspecified atom stereocenters. The molecule has 0 aliphatic heterocycles. The van der Waals surface area contributed by atoms with Crippen LogP contribution in [0.15, 0.2) is 18.3 Å². The number of benzene rings is 1. The van der Waals surface area contributed by atoms with Gasteiger partial charge in [-0.15, -0.1) is 0 Å². The number of halogens is 1. The summed E-state index contributed by atoms with van der Waals surface area (Å²) in [6.45, 7) is 0. The summed E-state index contributed by atoms with van der Waals surface area (Å²) in [5, 5.41) is 29.4. The molecule has 2 fully saturated rings. The summed E-state index contributed by atoms with van der Waals surface area (Å²) in [6, 6.07) is 3.69. The molecule has 106 valence electrons. The predicted octanol–water partition coefficient (Wildman–Crippen LogP) is 2.58. The maximum Gasteiger partial charge on any atom is 0.0909 e. The van der Waals surface area contributed by atoms with Gasteiger partial charge < -0.3 is 10.2 Å². The Morgan fingerprint density at radius 3 is 2.65 bits per heavy atom. The fourth-order valence-corrected chi connectivity index (χ4v) is 4.47. The molecule has 2 aromatic rings. The van der Waals surface area contributed by atoms with Gasteiger partial charge in [0.2, 0.25) is 0 Å². The number of nitrogens with one attached hydrogen (secondary N) is 1. The Labute approximate surface area is 121 Å². The van der Waals surface area contributed by atoms with Crippen molar-refractivity contribution in [3.8, 4) is 0 Å². The van der Waals surface area contributed by atoms with E-state index in [1.165, 1.54) is 0 Å². The quantitative estimate of drug-likeness (QED) is 0.757. The van der Waals surface area contributed by atoms with Crippen molar-refractivity contribution in [2.45, 2.75) is 37.4 Å². The molecule has 5 heteroatoms. The number of hydrogen-bond acceptors (Lipinski definition) is 3. The van der Waals surface area contributed by atoms with Gasteiger partial charge in [0.15, 0.2) is 0 Å². The maximum absolute atomic E-state index is 11.1. The SMILES string of the molecule is OC1CC2CC(O)(c3cc(Cl)cc4[nH]ncc34)CC2C1. The predicted molar refractivity (Wildman–Crippen MR) is 76.5 cm³/mol. The summed E-state index contributed by atoms with van der Waals surface area (Å²) >= 11 is 6.17. The average Bonchev–Trinajstić information content (AvgIpc) is 3.01. The van der Waals surface area contributed by atoms with Gasteiger partial charge in [-0.25, -0.2) is 0 Å². The van der Waals surface area contributed by atoms with Crippen molar-refractivity contribution in [1.29, 1.82) is 0 Å². The molecule has 0 spiro atoms. The smallest absolute Gasteiger partial charge is 0.0909 e. The molecule has 0 radical (unpaired) electrons. The van der Waals surface area contributed by atoms with Crippen molar-refractivity contribution in [3.05, 3.63) is 28.9 Å².